The fraction of sp³-hybridized carbons (Fsp3) is 0.415. The Kier molecular flexibility index (Phi) is 29.2. The molecule has 0 spiro atoms. The van der Waals surface area contributed by atoms with Crippen molar-refractivity contribution in [1.82, 2.24) is 9.97 Å². The van der Waals surface area contributed by atoms with E-state index in [-0.39, 0.29) is 71.4 Å². The van der Waals surface area contributed by atoms with Gasteiger partial charge in [0, 0.05) is 79.5 Å². The van der Waals surface area contributed by atoms with E-state index in [9.17, 15) is 25.9 Å². The number of rotatable bonds is 7. The van der Waals surface area contributed by atoms with E-state index in [0.29, 0.717) is 0 Å². The van der Waals surface area contributed by atoms with Crippen molar-refractivity contribution in [3.05, 3.63) is 110 Å². The summed E-state index contributed by atoms with van der Waals surface area (Å²) in [6, 6.07) is 21.5. The first-order valence-electron chi connectivity index (χ1n) is 17.7. The van der Waals surface area contributed by atoms with Gasteiger partial charge in [-0.3, -0.25) is 19.1 Å². The average Bonchev–Trinajstić information content (AvgIpc) is 2.99. The standard InChI is InChI=1S/C14H25O3PSSi.C11H19O3PSSi.2C7H9N.2CH3.2Pd/c1-10(2)11-8-9-12(18(3)4)13(19(15,16)17)14(11)20(5,6)7;1-15(2)9-7-6-8-10(17(3,4)5)11(9)16(12,13)14;2*1-6-4-3-5-7(2)8-6;;;;/h8-10H,1-7H3,(H,15,16,17);6-8H,1-5H3,(H,12,13,14);2*3-5H,1-2H3;2*1H3;;/q;;;;2*-1;;/p+2. The van der Waals surface area contributed by atoms with Gasteiger partial charge >= 0.3 is 0 Å². The number of benzene rings is 2. The normalized spacial score (nSPS) is 11.2. The molecule has 0 unspecified atom stereocenters. The van der Waals surface area contributed by atoms with E-state index in [1.165, 1.54) is 0 Å². The van der Waals surface area contributed by atoms with E-state index in [1.54, 1.807) is 0 Å². The molecule has 2 N–H and O–H groups in total. The van der Waals surface area contributed by atoms with Crippen molar-refractivity contribution in [2.24, 2.45) is 0 Å². The molecule has 330 valence electrons. The van der Waals surface area contributed by atoms with Crippen molar-refractivity contribution in [3.63, 3.8) is 0 Å². The van der Waals surface area contributed by atoms with Gasteiger partial charge in [0.1, 0.15) is 20.4 Å². The Morgan fingerprint density at radius 1 is 0.544 bits per heavy atom. The van der Waals surface area contributed by atoms with Crippen LogP contribution in [-0.2, 0) is 61.1 Å². The van der Waals surface area contributed by atoms with Crippen LogP contribution in [0.5, 0.6) is 0 Å². The molecule has 0 aliphatic heterocycles. The zero-order valence-electron chi connectivity index (χ0n) is 37.3. The van der Waals surface area contributed by atoms with E-state index >= 15 is 0 Å². The van der Waals surface area contributed by atoms with Gasteiger partial charge in [-0.15, -0.1) is 0 Å². The van der Waals surface area contributed by atoms with E-state index < -0.39 is 52.2 Å². The molecule has 0 fully saturated rings. The molecule has 0 radical (unpaired) electrons. The molecule has 8 nitrogen and oxygen atoms in total. The minimum atomic E-state index is -4.19. The third kappa shape index (κ3) is 21.0. The van der Waals surface area contributed by atoms with Crippen LogP contribution in [-0.4, -0.2) is 78.7 Å². The maximum atomic E-state index is 12.0. The summed E-state index contributed by atoms with van der Waals surface area (Å²) >= 11 is 0. The zero-order valence-corrected chi connectivity index (χ0v) is 46.0. The maximum Gasteiger partial charge on any atom is 0.298 e. The SMILES string of the molecule is CC(C)c1ccc([PH+](C)C)c(S(=O)(=O)O)c1[Si](C)(C)C.C[PH+](C)c1cccc([Si](C)(C)C)c1S(=O)(=O)O.Cc1cccc(C)n1.Cc1cccc(C)n1.[CH3-].[CH3-].[Pd].[Pd]. The third-order valence-corrected chi connectivity index (χ3v) is 17.7. The molecule has 0 saturated carbocycles. The Morgan fingerprint density at radius 2 is 0.877 bits per heavy atom. The van der Waals surface area contributed by atoms with Gasteiger partial charge in [-0.1, -0.05) is 83.5 Å². The van der Waals surface area contributed by atoms with Crippen LogP contribution in [0, 0.1) is 42.5 Å². The number of aryl methyl sites for hydroxylation is 4. The molecule has 4 rings (SSSR count). The first-order valence-corrected chi connectivity index (χ1v) is 32.6. The number of hydrogen-bond donors (Lipinski definition) is 2. The Morgan fingerprint density at radius 3 is 1.12 bits per heavy atom. The molecular formula is C41H70N2O6P2Pd2S2Si2. The molecule has 57 heavy (non-hydrogen) atoms. The molecule has 2 heterocycles. The van der Waals surface area contributed by atoms with Gasteiger partial charge in [-0.2, -0.15) is 16.8 Å². The van der Waals surface area contributed by atoms with Gasteiger partial charge in [0.25, 0.3) is 20.2 Å². The van der Waals surface area contributed by atoms with Crippen LogP contribution in [0.3, 0.4) is 0 Å². The molecule has 0 atom stereocenters. The largest absolute Gasteiger partial charge is 0.358 e. The van der Waals surface area contributed by atoms with Crippen molar-refractivity contribution in [1.29, 1.82) is 0 Å². The molecule has 2 aromatic carbocycles. The first kappa shape index (κ1) is 62.8. The Bertz CT molecular complexity index is 1980. The summed E-state index contributed by atoms with van der Waals surface area (Å²) in [6.45, 7) is 32.9. The van der Waals surface area contributed by atoms with Crippen LogP contribution in [0.2, 0.25) is 39.3 Å². The van der Waals surface area contributed by atoms with Gasteiger partial charge in [0.15, 0.2) is 0 Å². The van der Waals surface area contributed by atoms with E-state index in [4.69, 9.17) is 0 Å². The molecule has 0 saturated heterocycles. The van der Waals surface area contributed by atoms with Crippen LogP contribution in [0.25, 0.3) is 0 Å². The summed E-state index contributed by atoms with van der Waals surface area (Å²) in [6.07, 6.45) is 0. The molecule has 0 aliphatic rings. The topological polar surface area (TPSA) is 135 Å². The van der Waals surface area contributed by atoms with Crippen molar-refractivity contribution >= 4 is 73.2 Å². The van der Waals surface area contributed by atoms with Crippen LogP contribution < -0.4 is 21.0 Å². The minimum Gasteiger partial charge on any atom is -0.358 e. The van der Waals surface area contributed by atoms with Crippen molar-refractivity contribution in [2.75, 3.05) is 26.7 Å². The molecule has 0 aliphatic carbocycles. The Hall–Kier alpha value is -0.822. The fourth-order valence-corrected chi connectivity index (χ4v) is 17.4. The molecule has 2 aromatic heterocycles. The summed E-state index contributed by atoms with van der Waals surface area (Å²) in [5.74, 6) is 0.246. The quantitative estimate of drug-likeness (QED) is 0.0815. The summed E-state index contributed by atoms with van der Waals surface area (Å²) < 4.78 is 66.5. The van der Waals surface area contributed by atoms with E-state index in [0.717, 1.165) is 49.3 Å². The summed E-state index contributed by atoms with van der Waals surface area (Å²) in [4.78, 5) is 8.74. The third-order valence-electron chi connectivity index (χ3n) is 8.03. The molecule has 0 amide bonds. The molecular weight excluding hydrogens is 1010 g/mol. The van der Waals surface area contributed by atoms with Gasteiger partial charge in [0.2, 0.25) is 0 Å². The van der Waals surface area contributed by atoms with Crippen LogP contribution in [0.4, 0.5) is 0 Å². The van der Waals surface area contributed by atoms with Gasteiger partial charge in [-0.25, -0.2) is 0 Å². The number of nitrogens with zero attached hydrogens (tertiary/aromatic N) is 2. The van der Waals surface area contributed by atoms with E-state index in [2.05, 4.69) is 82.5 Å². The second kappa shape index (κ2) is 26.5. The predicted octanol–water partition coefficient (Wildman–Crippen LogP) is 8.57. The van der Waals surface area contributed by atoms with Gasteiger partial charge in [-0.05, 0) is 85.9 Å². The monoisotopic (exact) mass is 1080 g/mol. The average molecular weight is 1080 g/mol. The Balaban J connectivity index is -0.000000342. The van der Waals surface area contributed by atoms with Crippen LogP contribution >= 0.6 is 15.8 Å². The molecule has 0 bridgehead atoms. The number of pyridine rings is 2. The van der Waals surface area contributed by atoms with E-state index in [1.807, 2.05) is 102 Å². The minimum absolute atomic E-state index is 0. The predicted molar refractivity (Wildman–Crippen MR) is 252 cm³/mol. The number of hydrogen-bond acceptors (Lipinski definition) is 6. The van der Waals surface area contributed by atoms with Crippen molar-refractivity contribution < 1.29 is 66.8 Å². The van der Waals surface area contributed by atoms with Gasteiger partial charge in [0.05, 0.1) is 42.8 Å². The first-order chi connectivity index (χ1) is 24.0. The zero-order chi connectivity index (χ0) is 41.3. The smallest absolute Gasteiger partial charge is 0.298 e. The fourth-order valence-electron chi connectivity index (χ4n) is 5.67. The second-order valence-electron chi connectivity index (χ2n) is 16.0. The summed E-state index contributed by atoms with van der Waals surface area (Å²) in [7, 11) is -13.9. The van der Waals surface area contributed by atoms with Crippen LogP contribution in [0.1, 0.15) is 48.1 Å². The number of aromatic nitrogens is 2. The van der Waals surface area contributed by atoms with Crippen LogP contribution in [0.15, 0.2) is 76.5 Å². The molecule has 4 aromatic rings. The van der Waals surface area contributed by atoms with Crippen molar-refractivity contribution in [2.45, 2.75) is 96.5 Å². The maximum absolute atomic E-state index is 12.0. The Labute approximate surface area is 380 Å². The van der Waals surface area contributed by atoms with Crippen molar-refractivity contribution in [3.8, 4) is 0 Å². The second-order valence-corrected chi connectivity index (χ2v) is 33.9. The molecule has 16 heteroatoms. The summed E-state index contributed by atoms with van der Waals surface area (Å²) in [5, 5.41) is 3.35. The summed E-state index contributed by atoms with van der Waals surface area (Å²) in [5.41, 5.74) is 5.41. The van der Waals surface area contributed by atoms with Gasteiger partial charge < -0.3 is 14.9 Å².